The van der Waals surface area contributed by atoms with Crippen LogP contribution in [0, 0.1) is 18.6 Å². The second-order valence-corrected chi connectivity index (χ2v) is 7.09. The average Bonchev–Trinajstić information content (AvgIpc) is 3.21. The summed E-state index contributed by atoms with van der Waals surface area (Å²) < 4.78 is 31.8. The molecule has 144 valence electrons. The van der Waals surface area contributed by atoms with Gasteiger partial charge < -0.3 is 10.1 Å². The monoisotopic (exact) mass is 401 g/mol. The zero-order chi connectivity index (χ0) is 20.1. The van der Waals surface area contributed by atoms with Crippen molar-refractivity contribution in [1.82, 2.24) is 5.32 Å². The summed E-state index contributed by atoms with van der Waals surface area (Å²) in [4.78, 5) is 25.2. The molecular weight excluding hydrogens is 384 g/mol. The maximum Gasteiger partial charge on any atom is 0.338 e. The molecule has 4 nitrogen and oxygen atoms in total. The Balaban J connectivity index is 1.66. The molecule has 0 aliphatic carbocycles. The van der Waals surface area contributed by atoms with Crippen molar-refractivity contribution in [1.29, 1.82) is 0 Å². The highest BCUT2D eigenvalue weighted by molar-refractivity contribution is 7.10. The molecule has 1 heterocycles. The van der Waals surface area contributed by atoms with Crippen LogP contribution in [0.2, 0.25) is 0 Å². The fourth-order valence-electron chi connectivity index (χ4n) is 2.57. The van der Waals surface area contributed by atoms with E-state index >= 15 is 0 Å². The maximum absolute atomic E-state index is 13.6. The van der Waals surface area contributed by atoms with E-state index in [0.29, 0.717) is 11.1 Å². The summed E-state index contributed by atoms with van der Waals surface area (Å²) in [5.74, 6) is -2.21. The van der Waals surface area contributed by atoms with Gasteiger partial charge in [0.25, 0.3) is 5.91 Å². The molecule has 3 rings (SSSR count). The molecule has 0 saturated heterocycles. The highest BCUT2D eigenvalue weighted by Crippen LogP contribution is 2.26. The van der Waals surface area contributed by atoms with Crippen LogP contribution in [0.25, 0.3) is 0 Å². The van der Waals surface area contributed by atoms with Gasteiger partial charge in [-0.15, -0.1) is 11.3 Å². The van der Waals surface area contributed by atoms with E-state index in [1.807, 2.05) is 17.5 Å². The van der Waals surface area contributed by atoms with Gasteiger partial charge in [-0.05, 0) is 53.8 Å². The Morgan fingerprint density at radius 2 is 1.86 bits per heavy atom. The Bertz CT molecular complexity index is 972. The van der Waals surface area contributed by atoms with Crippen molar-refractivity contribution in [3.63, 3.8) is 0 Å². The molecule has 1 N–H and O–H groups in total. The minimum absolute atomic E-state index is 0.0317. The molecule has 0 saturated carbocycles. The predicted molar refractivity (Wildman–Crippen MR) is 102 cm³/mol. The third-order valence-corrected chi connectivity index (χ3v) is 5.02. The quantitative estimate of drug-likeness (QED) is 0.623. The fourth-order valence-corrected chi connectivity index (χ4v) is 3.37. The van der Waals surface area contributed by atoms with Gasteiger partial charge in [-0.1, -0.05) is 24.3 Å². The molecule has 28 heavy (non-hydrogen) atoms. The molecule has 0 radical (unpaired) electrons. The summed E-state index contributed by atoms with van der Waals surface area (Å²) in [5.41, 5.74) is 1.14. The Labute approximate surface area is 164 Å². The largest absolute Gasteiger partial charge is 0.452 e. The molecule has 0 fully saturated rings. The van der Waals surface area contributed by atoms with Crippen molar-refractivity contribution in [3.8, 4) is 0 Å². The highest BCUT2D eigenvalue weighted by Gasteiger charge is 2.19. The molecule has 0 bridgehead atoms. The van der Waals surface area contributed by atoms with Gasteiger partial charge in [-0.3, -0.25) is 4.79 Å². The van der Waals surface area contributed by atoms with Gasteiger partial charge in [0.05, 0.1) is 11.6 Å². The van der Waals surface area contributed by atoms with Crippen molar-refractivity contribution in [2.45, 2.75) is 13.0 Å². The van der Waals surface area contributed by atoms with E-state index in [1.165, 1.54) is 35.6 Å². The molecule has 1 unspecified atom stereocenters. The number of benzene rings is 2. The number of hydrogen-bond acceptors (Lipinski definition) is 4. The van der Waals surface area contributed by atoms with Crippen LogP contribution in [0.4, 0.5) is 8.78 Å². The maximum atomic E-state index is 13.6. The van der Waals surface area contributed by atoms with Gasteiger partial charge in [0.15, 0.2) is 6.61 Å². The lowest BCUT2D eigenvalue weighted by atomic mass is 10.1. The van der Waals surface area contributed by atoms with Crippen molar-refractivity contribution >= 4 is 23.2 Å². The number of amides is 1. The number of carbonyl (C=O) groups excluding carboxylic acids is 2. The van der Waals surface area contributed by atoms with E-state index in [1.54, 1.807) is 19.1 Å². The van der Waals surface area contributed by atoms with E-state index in [-0.39, 0.29) is 11.4 Å². The Kier molecular flexibility index (Phi) is 6.16. The van der Waals surface area contributed by atoms with Crippen LogP contribution in [0.1, 0.15) is 32.4 Å². The first kappa shape index (κ1) is 19.7. The van der Waals surface area contributed by atoms with E-state index in [9.17, 15) is 18.4 Å². The van der Waals surface area contributed by atoms with Crippen LogP contribution in [0.5, 0.6) is 0 Å². The summed E-state index contributed by atoms with van der Waals surface area (Å²) in [5, 5.41) is 4.65. The normalized spacial score (nSPS) is 11.7. The fraction of sp³-hybridized carbons (Fsp3) is 0.143. The minimum atomic E-state index is -0.788. The summed E-state index contributed by atoms with van der Waals surface area (Å²) in [6, 6.07) is 13.0. The average molecular weight is 401 g/mol. The standard InChI is InChI=1S/C21H17F2NO3S/c1-13-4-5-15(11-17(13)23)21(26)27-12-19(25)24-20(18-3-2-10-28-18)14-6-8-16(22)9-7-14/h2-11,20H,12H2,1H3,(H,24,25). The second-order valence-electron chi connectivity index (χ2n) is 6.11. The van der Waals surface area contributed by atoms with Crippen molar-refractivity contribution < 1.29 is 23.1 Å². The molecule has 7 heteroatoms. The molecule has 0 aliphatic heterocycles. The van der Waals surface area contributed by atoms with Crippen molar-refractivity contribution in [2.75, 3.05) is 6.61 Å². The zero-order valence-electron chi connectivity index (χ0n) is 14.9. The number of thiophene rings is 1. The third-order valence-electron chi connectivity index (χ3n) is 4.08. The molecule has 3 aromatic rings. The molecular formula is C21H17F2NO3S. The second kappa shape index (κ2) is 8.75. The predicted octanol–water partition coefficient (Wildman–Crippen LogP) is 4.40. The van der Waals surface area contributed by atoms with E-state index in [0.717, 1.165) is 10.9 Å². The van der Waals surface area contributed by atoms with Crippen molar-refractivity contribution in [2.24, 2.45) is 0 Å². The van der Waals surface area contributed by atoms with E-state index < -0.39 is 30.3 Å². The Hall–Kier alpha value is -3.06. The van der Waals surface area contributed by atoms with Gasteiger partial charge >= 0.3 is 5.97 Å². The topological polar surface area (TPSA) is 55.4 Å². The van der Waals surface area contributed by atoms with Crippen molar-refractivity contribution in [3.05, 3.63) is 93.2 Å². The van der Waals surface area contributed by atoms with Crippen LogP contribution < -0.4 is 5.32 Å². The van der Waals surface area contributed by atoms with E-state index in [4.69, 9.17) is 4.74 Å². The number of ether oxygens (including phenoxy) is 1. The first-order valence-corrected chi connectivity index (χ1v) is 9.33. The first-order chi connectivity index (χ1) is 13.4. The van der Waals surface area contributed by atoms with Crippen LogP contribution in [0.3, 0.4) is 0 Å². The molecule has 1 amide bonds. The summed E-state index contributed by atoms with van der Waals surface area (Å²) >= 11 is 1.44. The lowest BCUT2D eigenvalue weighted by Crippen LogP contribution is -2.32. The number of rotatable bonds is 6. The molecule has 2 aromatic carbocycles. The molecule has 0 aliphatic rings. The van der Waals surface area contributed by atoms with Gasteiger partial charge in [0, 0.05) is 4.88 Å². The van der Waals surface area contributed by atoms with Gasteiger partial charge in [-0.2, -0.15) is 0 Å². The summed E-state index contributed by atoms with van der Waals surface area (Å²) in [6.45, 7) is 1.06. The highest BCUT2D eigenvalue weighted by atomic mass is 32.1. The Morgan fingerprint density at radius 1 is 1.11 bits per heavy atom. The number of halogens is 2. The molecule has 1 aromatic heterocycles. The SMILES string of the molecule is Cc1ccc(C(=O)OCC(=O)NC(c2ccc(F)cc2)c2cccs2)cc1F. The van der Waals surface area contributed by atoms with Gasteiger partial charge in [0.1, 0.15) is 11.6 Å². The van der Waals surface area contributed by atoms with Crippen LogP contribution >= 0.6 is 11.3 Å². The smallest absolute Gasteiger partial charge is 0.338 e. The third kappa shape index (κ3) is 4.80. The first-order valence-electron chi connectivity index (χ1n) is 8.45. The number of hydrogen-bond donors (Lipinski definition) is 1. The molecule has 0 spiro atoms. The number of aryl methyl sites for hydroxylation is 1. The van der Waals surface area contributed by atoms with Gasteiger partial charge in [-0.25, -0.2) is 13.6 Å². The number of esters is 1. The van der Waals surface area contributed by atoms with Gasteiger partial charge in [0.2, 0.25) is 0 Å². The summed E-state index contributed by atoms with van der Waals surface area (Å²) in [7, 11) is 0. The number of carbonyl (C=O) groups is 2. The molecule has 1 atom stereocenters. The van der Waals surface area contributed by atoms with Crippen LogP contribution in [-0.2, 0) is 9.53 Å². The minimum Gasteiger partial charge on any atom is -0.452 e. The summed E-state index contributed by atoms with van der Waals surface area (Å²) in [6.07, 6.45) is 0. The Morgan fingerprint density at radius 3 is 2.50 bits per heavy atom. The zero-order valence-corrected chi connectivity index (χ0v) is 15.8. The van der Waals surface area contributed by atoms with Crippen LogP contribution in [-0.4, -0.2) is 18.5 Å². The van der Waals surface area contributed by atoms with E-state index in [2.05, 4.69) is 5.32 Å². The van der Waals surface area contributed by atoms with Crippen LogP contribution in [0.15, 0.2) is 60.0 Å². The number of nitrogens with one attached hydrogen (secondary N) is 1. The lowest BCUT2D eigenvalue weighted by Gasteiger charge is -2.18. The lowest BCUT2D eigenvalue weighted by molar-refractivity contribution is -0.124.